The Hall–Kier alpha value is -2.49. The van der Waals surface area contributed by atoms with Crippen LogP contribution < -0.4 is 15.4 Å². The molecule has 0 atom stereocenters. The molecule has 0 aliphatic carbocycles. The zero-order valence-corrected chi connectivity index (χ0v) is 14.7. The van der Waals surface area contributed by atoms with Gasteiger partial charge in [0, 0.05) is 5.69 Å². The van der Waals surface area contributed by atoms with Crippen molar-refractivity contribution < 1.29 is 9.53 Å². The number of unbranched alkanes of at least 4 members (excludes halogenated alkanes) is 1. The largest absolute Gasteiger partial charge is 0.491 e. The van der Waals surface area contributed by atoms with Gasteiger partial charge in [0.1, 0.15) is 5.75 Å². The van der Waals surface area contributed by atoms with E-state index in [-0.39, 0.29) is 12.5 Å². The van der Waals surface area contributed by atoms with E-state index in [9.17, 15) is 4.79 Å². The van der Waals surface area contributed by atoms with E-state index in [1.807, 2.05) is 50.2 Å². The van der Waals surface area contributed by atoms with E-state index in [2.05, 4.69) is 23.6 Å². The lowest BCUT2D eigenvalue weighted by Gasteiger charge is -2.14. The maximum Gasteiger partial charge on any atom is 0.243 e. The van der Waals surface area contributed by atoms with Crippen molar-refractivity contribution in [2.75, 3.05) is 23.8 Å². The van der Waals surface area contributed by atoms with Gasteiger partial charge in [-0.2, -0.15) is 0 Å². The topological polar surface area (TPSA) is 50.4 Å². The molecular formula is C20H26N2O2. The molecule has 2 N–H and O–H groups in total. The van der Waals surface area contributed by atoms with E-state index in [0.29, 0.717) is 18.0 Å². The Morgan fingerprint density at radius 3 is 2.67 bits per heavy atom. The Morgan fingerprint density at radius 2 is 1.88 bits per heavy atom. The molecule has 0 bridgehead atoms. The maximum absolute atomic E-state index is 12.2. The predicted octanol–water partition coefficient (Wildman–Crippen LogP) is 4.53. The van der Waals surface area contributed by atoms with Crippen molar-refractivity contribution in [1.29, 1.82) is 0 Å². The van der Waals surface area contributed by atoms with E-state index < -0.39 is 0 Å². The van der Waals surface area contributed by atoms with E-state index in [1.165, 1.54) is 0 Å². The summed E-state index contributed by atoms with van der Waals surface area (Å²) in [5.41, 5.74) is 3.98. The number of rotatable bonds is 8. The summed E-state index contributed by atoms with van der Waals surface area (Å²) in [7, 11) is 0. The van der Waals surface area contributed by atoms with Crippen LogP contribution in [0.3, 0.4) is 0 Å². The number of carbonyl (C=O) groups is 1. The molecule has 0 aromatic heterocycles. The molecule has 0 spiro atoms. The number of amides is 1. The van der Waals surface area contributed by atoms with Gasteiger partial charge in [0.2, 0.25) is 5.91 Å². The summed E-state index contributed by atoms with van der Waals surface area (Å²) < 4.78 is 5.74. The SMILES string of the molecule is CCCCOc1ccccc1NC(=O)CNc1cc(C)ccc1C. The molecule has 128 valence electrons. The quantitative estimate of drug-likeness (QED) is 0.701. The first-order chi connectivity index (χ1) is 11.6. The van der Waals surface area contributed by atoms with Crippen molar-refractivity contribution in [2.45, 2.75) is 33.6 Å². The van der Waals surface area contributed by atoms with Gasteiger partial charge in [-0.25, -0.2) is 0 Å². The summed E-state index contributed by atoms with van der Waals surface area (Å²) in [6, 6.07) is 13.7. The number of carbonyl (C=O) groups excluding carboxylic acids is 1. The summed E-state index contributed by atoms with van der Waals surface area (Å²) in [6.45, 7) is 7.05. The molecule has 4 nitrogen and oxygen atoms in total. The molecule has 0 aliphatic heterocycles. The molecule has 0 fully saturated rings. The number of benzene rings is 2. The molecule has 0 radical (unpaired) electrons. The van der Waals surface area contributed by atoms with Gasteiger partial charge in [-0.05, 0) is 49.6 Å². The second-order valence-electron chi connectivity index (χ2n) is 5.92. The minimum Gasteiger partial charge on any atom is -0.491 e. The Balaban J connectivity index is 1.93. The smallest absolute Gasteiger partial charge is 0.243 e. The molecule has 0 heterocycles. The lowest BCUT2D eigenvalue weighted by molar-refractivity contribution is -0.114. The van der Waals surface area contributed by atoms with E-state index in [0.717, 1.165) is 29.7 Å². The fraction of sp³-hybridized carbons (Fsp3) is 0.350. The molecule has 0 saturated heterocycles. The van der Waals surface area contributed by atoms with Gasteiger partial charge in [-0.3, -0.25) is 4.79 Å². The maximum atomic E-state index is 12.2. The fourth-order valence-corrected chi connectivity index (χ4v) is 2.32. The average Bonchev–Trinajstić information content (AvgIpc) is 2.57. The van der Waals surface area contributed by atoms with Gasteiger partial charge >= 0.3 is 0 Å². The summed E-state index contributed by atoms with van der Waals surface area (Å²) >= 11 is 0. The van der Waals surface area contributed by atoms with E-state index in [4.69, 9.17) is 4.74 Å². The lowest BCUT2D eigenvalue weighted by atomic mass is 10.1. The molecule has 0 saturated carbocycles. The second-order valence-corrected chi connectivity index (χ2v) is 5.92. The standard InChI is InChI=1S/C20H26N2O2/c1-4-5-12-24-19-9-7-6-8-17(19)22-20(23)14-21-18-13-15(2)10-11-16(18)3/h6-11,13,21H,4-5,12,14H2,1-3H3,(H,22,23). The average molecular weight is 326 g/mol. The van der Waals surface area contributed by atoms with Crippen molar-refractivity contribution in [3.8, 4) is 5.75 Å². The van der Waals surface area contributed by atoms with Crippen LogP contribution >= 0.6 is 0 Å². The number of ether oxygens (including phenoxy) is 1. The Labute approximate surface area is 144 Å². The number of hydrogen-bond donors (Lipinski definition) is 2. The molecule has 2 rings (SSSR count). The number of hydrogen-bond acceptors (Lipinski definition) is 3. The third kappa shape index (κ3) is 5.30. The van der Waals surface area contributed by atoms with Crippen LogP contribution in [0, 0.1) is 13.8 Å². The molecule has 2 aromatic carbocycles. The molecule has 24 heavy (non-hydrogen) atoms. The first-order valence-electron chi connectivity index (χ1n) is 8.43. The first kappa shape index (κ1) is 17.9. The van der Waals surface area contributed by atoms with Gasteiger partial charge in [0.15, 0.2) is 0 Å². The molecular weight excluding hydrogens is 300 g/mol. The van der Waals surface area contributed by atoms with Crippen molar-refractivity contribution in [3.63, 3.8) is 0 Å². The summed E-state index contributed by atoms with van der Waals surface area (Å²) in [4.78, 5) is 12.2. The van der Waals surface area contributed by atoms with Crippen LogP contribution in [-0.2, 0) is 4.79 Å². The van der Waals surface area contributed by atoms with Gasteiger partial charge in [-0.1, -0.05) is 37.6 Å². The number of para-hydroxylation sites is 2. The van der Waals surface area contributed by atoms with E-state index >= 15 is 0 Å². The van der Waals surface area contributed by atoms with E-state index in [1.54, 1.807) is 0 Å². The van der Waals surface area contributed by atoms with Crippen molar-refractivity contribution >= 4 is 17.3 Å². The Morgan fingerprint density at radius 1 is 1.08 bits per heavy atom. The van der Waals surface area contributed by atoms with Gasteiger partial charge in [-0.15, -0.1) is 0 Å². The molecule has 0 aliphatic rings. The minimum absolute atomic E-state index is 0.0950. The summed E-state index contributed by atoms with van der Waals surface area (Å²) in [5, 5.41) is 6.11. The third-order valence-electron chi connectivity index (χ3n) is 3.75. The molecule has 4 heteroatoms. The Bertz CT molecular complexity index is 683. The zero-order valence-electron chi connectivity index (χ0n) is 14.7. The highest BCUT2D eigenvalue weighted by Crippen LogP contribution is 2.24. The van der Waals surface area contributed by atoms with Crippen LogP contribution in [0.15, 0.2) is 42.5 Å². The molecule has 1 amide bonds. The number of anilines is 2. The zero-order chi connectivity index (χ0) is 17.4. The first-order valence-corrected chi connectivity index (χ1v) is 8.43. The third-order valence-corrected chi connectivity index (χ3v) is 3.75. The summed E-state index contributed by atoms with van der Waals surface area (Å²) in [5.74, 6) is 0.619. The Kier molecular flexibility index (Phi) is 6.67. The lowest BCUT2D eigenvalue weighted by Crippen LogP contribution is -2.22. The second kappa shape index (κ2) is 8.96. The van der Waals surface area contributed by atoms with Crippen molar-refractivity contribution in [2.24, 2.45) is 0 Å². The monoisotopic (exact) mass is 326 g/mol. The van der Waals surface area contributed by atoms with Crippen LogP contribution in [0.5, 0.6) is 5.75 Å². The highest BCUT2D eigenvalue weighted by molar-refractivity contribution is 5.95. The van der Waals surface area contributed by atoms with Crippen LogP contribution in [0.4, 0.5) is 11.4 Å². The normalized spacial score (nSPS) is 10.3. The fourth-order valence-electron chi connectivity index (χ4n) is 2.32. The summed E-state index contributed by atoms with van der Waals surface area (Å²) in [6.07, 6.45) is 2.07. The minimum atomic E-state index is -0.0950. The van der Waals surface area contributed by atoms with Crippen molar-refractivity contribution in [3.05, 3.63) is 53.6 Å². The van der Waals surface area contributed by atoms with Gasteiger partial charge in [0.05, 0.1) is 18.8 Å². The number of nitrogens with one attached hydrogen (secondary N) is 2. The number of aryl methyl sites for hydroxylation is 2. The highest BCUT2D eigenvalue weighted by Gasteiger charge is 2.08. The van der Waals surface area contributed by atoms with Crippen LogP contribution in [0.1, 0.15) is 30.9 Å². The van der Waals surface area contributed by atoms with Gasteiger partial charge in [0.25, 0.3) is 0 Å². The molecule has 2 aromatic rings. The van der Waals surface area contributed by atoms with Crippen LogP contribution in [-0.4, -0.2) is 19.1 Å². The molecule has 0 unspecified atom stereocenters. The predicted molar refractivity (Wildman–Crippen MR) is 99.9 cm³/mol. The van der Waals surface area contributed by atoms with Crippen LogP contribution in [0.25, 0.3) is 0 Å². The van der Waals surface area contributed by atoms with Crippen molar-refractivity contribution in [1.82, 2.24) is 0 Å². The van der Waals surface area contributed by atoms with Crippen LogP contribution in [0.2, 0.25) is 0 Å². The highest BCUT2D eigenvalue weighted by atomic mass is 16.5. The van der Waals surface area contributed by atoms with Gasteiger partial charge < -0.3 is 15.4 Å².